The number of aldehydes is 1. The van der Waals surface area contributed by atoms with E-state index in [1.165, 1.54) is 0 Å². The zero-order chi connectivity index (χ0) is 13.8. The van der Waals surface area contributed by atoms with Crippen LogP contribution in [-0.2, 0) is 4.79 Å². The Kier molecular flexibility index (Phi) is 4.04. The van der Waals surface area contributed by atoms with Crippen LogP contribution in [0.3, 0.4) is 0 Å². The number of benzene rings is 1. The van der Waals surface area contributed by atoms with Crippen molar-refractivity contribution >= 4 is 12.2 Å². The van der Waals surface area contributed by atoms with Crippen LogP contribution in [-0.4, -0.2) is 31.4 Å². The molecule has 0 aromatic heterocycles. The Morgan fingerprint density at radius 1 is 1.26 bits per heavy atom. The normalized spacial score (nSPS) is 14.9. The molecule has 0 aliphatic carbocycles. The van der Waals surface area contributed by atoms with E-state index in [4.69, 9.17) is 9.47 Å². The van der Waals surface area contributed by atoms with Crippen molar-refractivity contribution in [2.75, 3.05) is 13.2 Å². The van der Waals surface area contributed by atoms with Gasteiger partial charge in [-0.2, -0.15) is 0 Å². The third-order valence-electron chi connectivity index (χ3n) is 2.97. The number of hydrogen-bond donors (Lipinski definition) is 1. The quantitative estimate of drug-likeness (QED) is 0.834. The summed E-state index contributed by atoms with van der Waals surface area (Å²) in [6.07, 6.45) is 0.751. The summed E-state index contributed by atoms with van der Waals surface area (Å²) in [5.41, 5.74) is 0.455. The number of ether oxygens (including phenoxy) is 2. The maximum absolute atomic E-state index is 12.0. The van der Waals surface area contributed by atoms with Crippen molar-refractivity contribution in [2.45, 2.75) is 19.9 Å². The highest BCUT2D eigenvalue weighted by Gasteiger charge is 2.18. The molecule has 5 nitrogen and oxygen atoms in total. The van der Waals surface area contributed by atoms with E-state index in [9.17, 15) is 9.59 Å². The summed E-state index contributed by atoms with van der Waals surface area (Å²) in [5.74, 6) is 0.964. The van der Waals surface area contributed by atoms with Crippen molar-refractivity contribution in [1.82, 2.24) is 5.32 Å². The number of nitrogens with one attached hydrogen (secondary N) is 1. The van der Waals surface area contributed by atoms with Gasteiger partial charge in [0.1, 0.15) is 19.5 Å². The van der Waals surface area contributed by atoms with Gasteiger partial charge in [0.2, 0.25) is 0 Å². The average Bonchev–Trinajstić information content (AvgIpc) is 2.43. The van der Waals surface area contributed by atoms with Crippen LogP contribution in [0.15, 0.2) is 18.2 Å². The molecule has 0 radical (unpaired) electrons. The summed E-state index contributed by atoms with van der Waals surface area (Å²) in [6.45, 7) is 4.74. The summed E-state index contributed by atoms with van der Waals surface area (Å²) in [6, 6.07) is 4.51. The fraction of sp³-hybridized carbons (Fsp3) is 0.429. The molecule has 1 aliphatic rings. The predicted octanol–water partition coefficient (Wildman–Crippen LogP) is 1.41. The number of carbonyl (C=O) groups excluding carboxylic acids is 2. The Bertz CT molecular complexity index is 484. The van der Waals surface area contributed by atoms with Gasteiger partial charge in [-0.3, -0.25) is 4.79 Å². The second-order valence-corrected chi connectivity index (χ2v) is 4.74. The maximum atomic E-state index is 12.0. The monoisotopic (exact) mass is 263 g/mol. The Labute approximate surface area is 111 Å². The predicted molar refractivity (Wildman–Crippen MR) is 69.6 cm³/mol. The van der Waals surface area contributed by atoms with Crippen LogP contribution < -0.4 is 14.8 Å². The van der Waals surface area contributed by atoms with E-state index in [1.807, 2.05) is 13.8 Å². The third-order valence-corrected chi connectivity index (χ3v) is 2.97. The van der Waals surface area contributed by atoms with Gasteiger partial charge in [0.05, 0.1) is 6.04 Å². The molecule has 5 heteroatoms. The molecule has 0 bridgehead atoms. The molecule has 1 aromatic rings. The molecule has 1 atom stereocenters. The minimum absolute atomic E-state index is 0.0543. The van der Waals surface area contributed by atoms with Crippen LogP contribution in [0.5, 0.6) is 11.5 Å². The minimum Gasteiger partial charge on any atom is -0.486 e. The first-order valence-electron chi connectivity index (χ1n) is 6.27. The van der Waals surface area contributed by atoms with Gasteiger partial charge in [0.25, 0.3) is 5.91 Å². The van der Waals surface area contributed by atoms with Gasteiger partial charge in [-0.1, -0.05) is 13.8 Å². The zero-order valence-electron chi connectivity index (χ0n) is 11.0. The second-order valence-electron chi connectivity index (χ2n) is 4.74. The van der Waals surface area contributed by atoms with Crippen molar-refractivity contribution in [1.29, 1.82) is 0 Å². The van der Waals surface area contributed by atoms with Crippen LogP contribution in [0, 0.1) is 5.92 Å². The molecular weight excluding hydrogens is 246 g/mol. The van der Waals surface area contributed by atoms with E-state index in [2.05, 4.69) is 5.32 Å². The molecule has 1 aromatic carbocycles. The maximum Gasteiger partial charge on any atom is 0.252 e. The first-order chi connectivity index (χ1) is 9.11. The van der Waals surface area contributed by atoms with E-state index in [0.717, 1.165) is 6.29 Å². The van der Waals surface area contributed by atoms with Gasteiger partial charge < -0.3 is 19.6 Å². The Hall–Kier alpha value is -2.04. The van der Waals surface area contributed by atoms with Crippen molar-refractivity contribution in [3.8, 4) is 11.5 Å². The SMILES string of the molecule is CC(C)C(C=O)NC(=O)c1ccc2c(c1)OCCO2. The van der Waals surface area contributed by atoms with Gasteiger partial charge in [-0.15, -0.1) is 0 Å². The van der Waals surface area contributed by atoms with Gasteiger partial charge >= 0.3 is 0 Å². The summed E-state index contributed by atoms with van der Waals surface area (Å²) < 4.78 is 10.8. The Morgan fingerprint density at radius 2 is 1.95 bits per heavy atom. The van der Waals surface area contributed by atoms with Gasteiger partial charge in [0.15, 0.2) is 11.5 Å². The second kappa shape index (κ2) is 5.73. The number of fused-ring (bicyclic) bond motifs is 1. The number of hydrogen-bond acceptors (Lipinski definition) is 4. The fourth-order valence-corrected chi connectivity index (χ4v) is 1.78. The highest BCUT2D eigenvalue weighted by atomic mass is 16.6. The molecule has 0 saturated heterocycles. The Morgan fingerprint density at radius 3 is 2.58 bits per heavy atom. The summed E-state index contributed by atoms with van der Waals surface area (Å²) in [5, 5.41) is 2.69. The molecule has 1 amide bonds. The lowest BCUT2D eigenvalue weighted by Gasteiger charge is -2.20. The van der Waals surface area contributed by atoms with Crippen molar-refractivity contribution < 1.29 is 19.1 Å². The third kappa shape index (κ3) is 3.05. The van der Waals surface area contributed by atoms with E-state index >= 15 is 0 Å². The fourth-order valence-electron chi connectivity index (χ4n) is 1.78. The van der Waals surface area contributed by atoms with Crippen molar-refractivity contribution in [3.05, 3.63) is 23.8 Å². The number of carbonyl (C=O) groups is 2. The van der Waals surface area contributed by atoms with Gasteiger partial charge in [0, 0.05) is 5.56 Å². The topological polar surface area (TPSA) is 64.6 Å². The van der Waals surface area contributed by atoms with Gasteiger partial charge in [-0.05, 0) is 24.1 Å². The van der Waals surface area contributed by atoms with Gasteiger partial charge in [-0.25, -0.2) is 0 Å². The van der Waals surface area contributed by atoms with E-state index in [-0.39, 0.29) is 11.8 Å². The van der Waals surface area contributed by atoms with E-state index in [1.54, 1.807) is 18.2 Å². The van der Waals surface area contributed by atoms with Crippen LogP contribution in [0.25, 0.3) is 0 Å². The van der Waals surface area contributed by atoms with Crippen LogP contribution in [0.1, 0.15) is 24.2 Å². The molecule has 1 heterocycles. The minimum atomic E-state index is -0.485. The Balaban J connectivity index is 2.13. The standard InChI is InChI=1S/C14H17NO4/c1-9(2)11(8-16)15-14(17)10-3-4-12-13(7-10)19-6-5-18-12/h3-4,7-9,11H,5-6H2,1-2H3,(H,15,17). The lowest BCUT2D eigenvalue weighted by molar-refractivity contribution is -0.110. The van der Waals surface area contributed by atoms with Crippen LogP contribution in [0.4, 0.5) is 0 Å². The largest absolute Gasteiger partial charge is 0.486 e. The molecule has 1 N–H and O–H groups in total. The van der Waals surface area contributed by atoms with Crippen molar-refractivity contribution in [2.24, 2.45) is 5.92 Å². The van der Waals surface area contributed by atoms with E-state index in [0.29, 0.717) is 30.3 Å². The summed E-state index contributed by atoms with van der Waals surface area (Å²) in [7, 11) is 0. The zero-order valence-corrected chi connectivity index (χ0v) is 11.0. The molecule has 0 fully saturated rings. The van der Waals surface area contributed by atoms with Crippen LogP contribution in [0.2, 0.25) is 0 Å². The number of rotatable bonds is 4. The van der Waals surface area contributed by atoms with Crippen LogP contribution >= 0.6 is 0 Å². The highest BCUT2D eigenvalue weighted by molar-refractivity contribution is 5.96. The summed E-state index contributed by atoms with van der Waals surface area (Å²) in [4.78, 5) is 22.9. The molecule has 102 valence electrons. The number of amides is 1. The first kappa shape index (κ1) is 13.4. The smallest absolute Gasteiger partial charge is 0.252 e. The first-order valence-corrected chi connectivity index (χ1v) is 6.27. The molecule has 1 aliphatic heterocycles. The molecule has 0 saturated carbocycles. The lowest BCUT2D eigenvalue weighted by Crippen LogP contribution is -2.39. The molecular formula is C14H17NO4. The molecule has 19 heavy (non-hydrogen) atoms. The lowest BCUT2D eigenvalue weighted by atomic mass is 10.1. The molecule has 0 spiro atoms. The van der Waals surface area contributed by atoms with Crippen molar-refractivity contribution in [3.63, 3.8) is 0 Å². The van der Waals surface area contributed by atoms with E-state index < -0.39 is 6.04 Å². The molecule has 2 rings (SSSR count). The average molecular weight is 263 g/mol. The molecule has 1 unspecified atom stereocenters. The highest BCUT2D eigenvalue weighted by Crippen LogP contribution is 2.30. The summed E-state index contributed by atoms with van der Waals surface area (Å²) >= 11 is 0.